The molecule has 5 aliphatic rings. The number of aromatic nitrogens is 1. The minimum Gasteiger partial charge on any atom is -0.497 e. The molecular formula is C117H156IN5O10S3+4. The van der Waals surface area contributed by atoms with Crippen LogP contribution < -0.4 is 45.1 Å². The average molecular weight is 2020 g/mol. The highest BCUT2D eigenvalue weighted by atomic mass is 127. The van der Waals surface area contributed by atoms with Crippen molar-refractivity contribution in [1.29, 1.82) is 0 Å². The third kappa shape index (κ3) is 37.5. The van der Waals surface area contributed by atoms with Gasteiger partial charge in [0, 0.05) is 82.1 Å². The first-order chi connectivity index (χ1) is 66.4. The van der Waals surface area contributed by atoms with Gasteiger partial charge < -0.3 is 72.3 Å². The molecule has 1 saturated carbocycles. The van der Waals surface area contributed by atoms with E-state index in [1.807, 2.05) is 36.2 Å². The molecule has 12 aromatic rings. The van der Waals surface area contributed by atoms with Crippen LogP contribution in [0.1, 0.15) is 141 Å². The standard InChI is InChI=1S/C24H25S.C22H30I.C18H15S.C17H26O7.C13H16NS.C12H17NO.C6H14N2.C5H13NO2/c1-4-10-20(11-5-1)21-16-18-24(19-17-21)25(22-12-6-2-7-13-22)23-14-8-3-9-15-23;1-7-21(3,4)17-9-13-19(14-10-17)23-20-15-11-18(12-16-20)22(5,6)8-2;1-4-10-16(11-5-1)19(17-12-6-2-7-13-17)18-14-8-3-9-15-18;1-18-15-2-3-16-17(14-15)24-13-11-22-9-7-20-5-4-19-6-8-21-10-12-23-16;1-14-10-13(15-8-4-5-9-15)11-6-2-3-7-12(11)14;1-14-12-7-5-11(6-8-12)13-9-3-2-4-10-13;1-7-3-5-8(2)6-4-7;1-6(2-4-7)3-5-8/h2-3,6-9,12-20H,1,4-5,10-11H2;9-16H,7-8H2,1-6H3;1-15H;2-3,14H,4-13H2,1H3;2-3,6-7,10H,4-5,8-9H2,1H3;5-8H,2-4,9-10H2,1H3;3-6H2,1-2H3;7-8H,2-5H2,1H3/q3*+1;;+1;;;. The van der Waals surface area contributed by atoms with E-state index in [1.54, 1.807) is 25.2 Å². The summed E-state index contributed by atoms with van der Waals surface area (Å²) in [6.45, 7) is 27.8. The van der Waals surface area contributed by atoms with Crippen molar-refractivity contribution in [3.63, 3.8) is 0 Å². The number of rotatable bonds is 21. The molecule has 2 N–H and O–H groups in total. The maximum Gasteiger partial charge on any atom is 0.357 e. The fraction of sp³-hybridized carbons (Fsp3) is 0.419. The molecule has 0 radical (unpaired) electrons. The molecule has 17 rings (SSSR count). The number of piperazine rings is 1. The number of anilines is 1. The van der Waals surface area contributed by atoms with Crippen LogP contribution in [0.15, 0.2) is 332 Å². The summed E-state index contributed by atoms with van der Waals surface area (Å²) in [5.41, 5.74) is 7.71. The van der Waals surface area contributed by atoms with E-state index in [0.29, 0.717) is 107 Å². The van der Waals surface area contributed by atoms with Gasteiger partial charge >= 0.3 is 21.2 Å². The Labute approximate surface area is 835 Å². The van der Waals surface area contributed by atoms with E-state index < -0.39 is 0 Å². The Morgan fingerprint density at radius 1 is 0.404 bits per heavy atom. The quantitative estimate of drug-likeness (QED) is 0.0522. The van der Waals surface area contributed by atoms with Gasteiger partial charge in [-0.3, -0.25) is 0 Å². The number of ether oxygens (including phenoxy) is 8. The molecule has 0 atom stereocenters. The molecule has 1 aliphatic carbocycles. The van der Waals surface area contributed by atoms with Crippen molar-refractivity contribution >= 4 is 49.3 Å². The summed E-state index contributed by atoms with van der Waals surface area (Å²) in [4.78, 5) is 18.9. The maximum atomic E-state index is 8.34. The Morgan fingerprint density at radius 3 is 1.18 bits per heavy atom. The number of piperidine rings is 1. The fourth-order valence-corrected chi connectivity index (χ4v) is 25.0. The summed E-state index contributed by atoms with van der Waals surface area (Å²) in [6.07, 6.45) is 18.5. The van der Waals surface area contributed by atoms with Crippen molar-refractivity contribution in [2.45, 2.75) is 170 Å². The molecule has 5 heterocycles. The van der Waals surface area contributed by atoms with Crippen molar-refractivity contribution in [2.75, 3.05) is 183 Å². The Morgan fingerprint density at radius 2 is 0.779 bits per heavy atom. The molecule has 4 aliphatic heterocycles. The SMILES string of the molecule is CCC(C)(C)c1ccc([I+]c2ccc(C(C)(C)CC)cc2)cc1.CN(CCO)CCO.CN1CCN(C)CC1.COc1ccc(N2CCCCC2)cc1.COc1ccc2c(c1)OCCOCCOCCOCCOCCO2.Cn1cc([S+]2CCCC2)c2ccccc21.c1ccc([S+](c2ccccc2)c2ccc(C3CCCCC3)cc2)cc1.c1ccc([S+](c2ccccc2)c2ccccc2)cc1. The number of hydrogen-bond donors (Lipinski definition) is 2. The first-order valence-electron chi connectivity index (χ1n) is 49.2. The lowest BCUT2D eigenvalue weighted by Gasteiger charge is -2.28. The van der Waals surface area contributed by atoms with Crippen LogP contribution in [-0.2, 0) is 69.5 Å². The minimum absolute atomic E-state index is 0.0146. The van der Waals surface area contributed by atoms with Gasteiger partial charge in [-0.25, -0.2) is 0 Å². The number of methoxy groups -OCH3 is 2. The topological polar surface area (TPSA) is 132 Å². The van der Waals surface area contributed by atoms with E-state index in [9.17, 15) is 0 Å². The van der Waals surface area contributed by atoms with Crippen LogP contribution in [0.3, 0.4) is 0 Å². The minimum atomic E-state index is -0.0793. The third-order valence-electron chi connectivity index (χ3n) is 25.2. The smallest absolute Gasteiger partial charge is 0.357 e. The van der Waals surface area contributed by atoms with Crippen LogP contribution in [-0.4, -0.2) is 208 Å². The number of aryl methyl sites for hydroxylation is 1. The van der Waals surface area contributed by atoms with Crippen LogP contribution in [0.25, 0.3) is 10.9 Å². The molecule has 0 unspecified atom stereocenters. The number of halogens is 1. The molecule has 3 saturated heterocycles. The molecule has 136 heavy (non-hydrogen) atoms. The predicted molar refractivity (Wildman–Crippen MR) is 566 cm³/mol. The Hall–Kier alpha value is -8.62. The van der Waals surface area contributed by atoms with Crippen LogP contribution in [0.2, 0.25) is 0 Å². The summed E-state index contributed by atoms with van der Waals surface area (Å²) < 4.78 is 48.8. The number of benzene rings is 11. The lowest BCUT2D eigenvalue weighted by Crippen LogP contribution is -3.61. The highest BCUT2D eigenvalue weighted by Crippen LogP contribution is 2.39. The average Bonchev–Trinajstić information content (AvgIpc) is 1.64. The molecule has 0 amide bonds. The van der Waals surface area contributed by atoms with Gasteiger partial charge in [0.15, 0.2) is 52.9 Å². The van der Waals surface area contributed by atoms with Gasteiger partial charge in [-0.2, -0.15) is 0 Å². The number of aliphatic hydroxyl groups excluding tert-OH is 2. The number of nitrogens with zero attached hydrogens (tertiary/aromatic N) is 5. The predicted octanol–water partition coefficient (Wildman–Crippen LogP) is 20.7. The number of fused-ring (bicyclic) bond motifs is 2. The normalized spacial score (nSPS) is 15.6. The second-order valence-corrected chi connectivity index (χ2v) is 45.3. The molecule has 15 nitrogen and oxygen atoms in total. The number of likely N-dealkylation sites (N-methyl/N-ethyl adjacent to an activating group) is 3. The van der Waals surface area contributed by atoms with Crippen molar-refractivity contribution in [1.82, 2.24) is 19.3 Å². The Balaban J connectivity index is 0.000000165. The highest BCUT2D eigenvalue weighted by Gasteiger charge is 2.33. The van der Waals surface area contributed by atoms with Crippen molar-refractivity contribution in [3.05, 3.63) is 321 Å². The number of aliphatic hydroxyl groups is 2. The molecule has 11 aromatic carbocycles. The lowest BCUT2D eigenvalue weighted by atomic mass is 9.82. The summed E-state index contributed by atoms with van der Waals surface area (Å²) >= 11 is -0.0793. The van der Waals surface area contributed by atoms with Gasteiger partial charge in [-0.05, 0) is 258 Å². The molecule has 4 fully saturated rings. The molecule has 0 spiro atoms. The maximum absolute atomic E-state index is 8.34. The van der Waals surface area contributed by atoms with Gasteiger partial charge in [-0.1, -0.05) is 200 Å². The largest absolute Gasteiger partial charge is 0.497 e. The van der Waals surface area contributed by atoms with Gasteiger partial charge in [0.25, 0.3) is 0 Å². The zero-order chi connectivity index (χ0) is 96.2. The second-order valence-electron chi connectivity index (χ2n) is 36.0. The van der Waals surface area contributed by atoms with Crippen LogP contribution in [0, 0.1) is 7.14 Å². The van der Waals surface area contributed by atoms with Crippen LogP contribution >= 0.6 is 0 Å². The third-order valence-corrected chi connectivity index (χ3v) is 34.9. The molecule has 730 valence electrons. The summed E-state index contributed by atoms with van der Waals surface area (Å²) in [5.74, 6) is 6.52. The van der Waals surface area contributed by atoms with Gasteiger partial charge in [0.1, 0.15) is 36.2 Å². The number of hydrogen-bond acceptors (Lipinski definition) is 14. The molecule has 19 heteroatoms. The van der Waals surface area contributed by atoms with Crippen LogP contribution in [0.5, 0.6) is 23.0 Å². The van der Waals surface area contributed by atoms with E-state index in [-0.39, 0.29) is 67.0 Å². The van der Waals surface area contributed by atoms with Crippen molar-refractivity contribution in [3.8, 4) is 23.0 Å². The lowest BCUT2D eigenvalue weighted by molar-refractivity contribution is -0.597. The summed E-state index contributed by atoms with van der Waals surface area (Å²) in [5, 5.41) is 18.2. The zero-order valence-electron chi connectivity index (χ0n) is 83.4. The van der Waals surface area contributed by atoms with Gasteiger partial charge in [0.05, 0.1) is 119 Å². The monoisotopic (exact) mass is 2010 g/mol. The Bertz CT molecular complexity index is 4940. The molecule has 0 bridgehead atoms. The van der Waals surface area contributed by atoms with Gasteiger partial charge in [0.2, 0.25) is 0 Å². The van der Waals surface area contributed by atoms with E-state index >= 15 is 0 Å². The summed E-state index contributed by atoms with van der Waals surface area (Å²) in [6, 6.07) is 105. The van der Waals surface area contributed by atoms with E-state index in [4.69, 9.17) is 48.1 Å². The van der Waals surface area contributed by atoms with Crippen molar-refractivity contribution in [2.24, 2.45) is 7.05 Å². The molecular weight excluding hydrogens is 1860 g/mol. The van der Waals surface area contributed by atoms with E-state index in [2.05, 4.69) is 349 Å². The zero-order valence-corrected chi connectivity index (χ0v) is 88.0. The first-order valence-corrected chi connectivity index (χ1v) is 55.4. The highest BCUT2D eigenvalue weighted by molar-refractivity contribution is 7.97. The van der Waals surface area contributed by atoms with Crippen LogP contribution in [0.4, 0.5) is 5.69 Å². The summed E-state index contributed by atoms with van der Waals surface area (Å²) in [7, 11) is 12.2. The fourth-order valence-electron chi connectivity index (χ4n) is 16.1. The second kappa shape index (κ2) is 61.7. The number of para-hydroxylation sites is 1. The first kappa shape index (κ1) is 109. The van der Waals surface area contributed by atoms with E-state index in [1.165, 1.54) is 198 Å². The molecule has 1 aromatic heterocycles. The van der Waals surface area contributed by atoms with E-state index in [0.717, 1.165) is 11.7 Å². The van der Waals surface area contributed by atoms with Gasteiger partial charge in [-0.15, -0.1) is 0 Å². The Kier molecular flexibility index (Phi) is 49.7. The van der Waals surface area contributed by atoms with Crippen molar-refractivity contribution < 1.29 is 69.3 Å².